The third kappa shape index (κ3) is 5.17. The van der Waals surface area contributed by atoms with Gasteiger partial charge in [0.1, 0.15) is 10.3 Å². The number of nitrogens with one attached hydrogen (secondary N) is 1. The maximum Gasteiger partial charge on any atom is 0.416 e. The van der Waals surface area contributed by atoms with Crippen LogP contribution in [0.2, 0.25) is 4.34 Å². The van der Waals surface area contributed by atoms with E-state index in [-0.39, 0.29) is 17.3 Å². The Balaban J connectivity index is 1.44. The molecule has 0 saturated carbocycles. The van der Waals surface area contributed by atoms with E-state index in [1.54, 1.807) is 18.2 Å². The van der Waals surface area contributed by atoms with Crippen LogP contribution in [0.25, 0.3) is 11.3 Å². The smallest absolute Gasteiger partial charge is 0.350 e. The van der Waals surface area contributed by atoms with Gasteiger partial charge in [-0.15, -0.1) is 11.3 Å². The molecule has 1 atom stereocenters. The summed E-state index contributed by atoms with van der Waals surface area (Å²) >= 11 is 6.77. The van der Waals surface area contributed by atoms with Crippen molar-refractivity contribution in [2.45, 2.75) is 23.0 Å². The molecule has 1 aliphatic heterocycles. The molecule has 34 heavy (non-hydrogen) atoms. The summed E-state index contributed by atoms with van der Waals surface area (Å²) in [5.41, 5.74) is 0.833. The molecule has 1 aliphatic rings. The fourth-order valence-electron chi connectivity index (χ4n) is 3.39. The summed E-state index contributed by atoms with van der Waals surface area (Å²) in [6, 6.07) is 9.79. The Morgan fingerprint density at radius 1 is 1.18 bits per heavy atom. The molecule has 0 spiro atoms. The first-order valence-corrected chi connectivity index (χ1v) is 12.5. The van der Waals surface area contributed by atoms with Crippen LogP contribution in [0.3, 0.4) is 0 Å². The van der Waals surface area contributed by atoms with Crippen LogP contribution >= 0.6 is 22.9 Å². The minimum Gasteiger partial charge on any atom is -0.350 e. The van der Waals surface area contributed by atoms with Crippen molar-refractivity contribution in [1.29, 1.82) is 0 Å². The molecule has 1 aromatic carbocycles. The van der Waals surface area contributed by atoms with Crippen LogP contribution in [0.5, 0.6) is 0 Å². The molecule has 12 heteroatoms. The van der Waals surface area contributed by atoms with Gasteiger partial charge in [-0.25, -0.2) is 8.42 Å². The van der Waals surface area contributed by atoms with E-state index in [4.69, 9.17) is 11.6 Å². The number of halogens is 4. The minimum atomic E-state index is -4.43. The quantitative estimate of drug-likeness (QED) is 0.470. The van der Waals surface area contributed by atoms with E-state index in [1.165, 1.54) is 36.5 Å². The number of aromatic nitrogens is 1. The lowest BCUT2D eigenvalue weighted by Crippen LogP contribution is -2.45. The second-order valence-electron chi connectivity index (χ2n) is 7.35. The standard InChI is InChI=1S/C22H17ClF3N3O3S2/c23-19-7-8-20(33-19)34(31,32)29-11-1-2-18(29)21(30)28-13-14-9-10-27-17(12-14)15-3-5-16(6-4-15)22(24,25)26/h1-10,12,18H,11,13H2,(H,28,30)/t18-/m0/s1. The Kier molecular flexibility index (Phi) is 6.81. The zero-order valence-corrected chi connectivity index (χ0v) is 19.7. The number of carbonyl (C=O) groups is 1. The van der Waals surface area contributed by atoms with Crippen molar-refractivity contribution in [2.75, 3.05) is 6.54 Å². The first kappa shape index (κ1) is 24.4. The lowest BCUT2D eigenvalue weighted by atomic mass is 10.1. The number of pyridine rings is 1. The molecule has 0 saturated heterocycles. The monoisotopic (exact) mass is 527 g/mol. The molecule has 3 aromatic rings. The summed E-state index contributed by atoms with van der Waals surface area (Å²) in [6.45, 7) is 0.140. The number of thiophene rings is 1. The van der Waals surface area contributed by atoms with E-state index in [9.17, 15) is 26.4 Å². The number of hydrogen-bond acceptors (Lipinski definition) is 5. The third-order valence-electron chi connectivity index (χ3n) is 5.09. The highest BCUT2D eigenvalue weighted by Crippen LogP contribution is 2.32. The third-order valence-corrected chi connectivity index (χ3v) is 8.64. The normalized spacial score (nSPS) is 16.6. The van der Waals surface area contributed by atoms with Gasteiger partial charge in [0, 0.05) is 24.8 Å². The lowest BCUT2D eigenvalue weighted by Gasteiger charge is -2.22. The summed E-state index contributed by atoms with van der Waals surface area (Å²) in [4.78, 5) is 17.0. The Bertz CT molecular complexity index is 1340. The van der Waals surface area contributed by atoms with Crippen LogP contribution < -0.4 is 5.32 Å². The van der Waals surface area contributed by atoms with E-state index < -0.39 is 33.7 Å². The molecule has 6 nitrogen and oxygen atoms in total. The molecule has 0 fully saturated rings. The molecule has 3 heterocycles. The summed E-state index contributed by atoms with van der Waals surface area (Å²) in [5.74, 6) is -0.507. The molecule has 1 N–H and O–H groups in total. The van der Waals surface area contributed by atoms with Crippen LogP contribution in [0.1, 0.15) is 11.1 Å². The minimum absolute atomic E-state index is 0.0503. The van der Waals surface area contributed by atoms with Crippen molar-refractivity contribution >= 4 is 38.9 Å². The average molecular weight is 528 g/mol. The number of rotatable bonds is 6. The van der Waals surface area contributed by atoms with Gasteiger partial charge in [-0.05, 0) is 42.0 Å². The largest absolute Gasteiger partial charge is 0.416 e. The van der Waals surface area contributed by atoms with Crippen molar-refractivity contribution in [3.05, 3.63) is 82.3 Å². The van der Waals surface area contributed by atoms with Crippen LogP contribution in [-0.4, -0.2) is 36.2 Å². The van der Waals surface area contributed by atoms with Gasteiger partial charge in [0.15, 0.2) is 0 Å². The Morgan fingerprint density at radius 3 is 2.56 bits per heavy atom. The summed E-state index contributed by atoms with van der Waals surface area (Å²) in [7, 11) is -3.90. The molecule has 0 unspecified atom stereocenters. The highest BCUT2D eigenvalue weighted by molar-refractivity contribution is 7.91. The molecule has 4 rings (SSSR count). The first-order valence-electron chi connectivity index (χ1n) is 9.90. The van der Waals surface area contributed by atoms with E-state index >= 15 is 0 Å². The molecule has 2 aromatic heterocycles. The van der Waals surface area contributed by atoms with Crippen molar-refractivity contribution in [3.8, 4) is 11.3 Å². The number of alkyl halides is 3. The summed E-state index contributed by atoms with van der Waals surface area (Å²) in [6.07, 6.45) is 0.180. The molecule has 1 amide bonds. The van der Waals surface area contributed by atoms with Gasteiger partial charge in [0.2, 0.25) is 5.91 Å². The second kappa shape index (κ2) is 9.49. The number of hydrogen-bond donors (Lipinski definition) is 1. The average Bonchev–Trinajstić information content (AvgIpc) is 3.47. The highest BCUT2D eigenvalue weighted by Gasteiger charge is 2.37. The fourth-order valence-corrected chi connectivity index (χ4v) is 6.50. The molecular weight excluding hydrogens is 511 g/mol. The predicted molar refractivity (Wildman–Crippen MR) is 123 cm³/mol. The van der Waals surface area contributed by atoms with Gasteiger partial charge in [0.05, 0.1) is 15.6 Å². The number of carbonyl (C=O) groups excluding carboxylic acids is 1. The predicted octanol–water partition coefficient (Wildman–Crippen LogP) is 4.73. The van der Waals surface area contributed by atoms with Crippen molar-refractivity contribution in [2.24, 2.45) is 0 Å². The van der Waals surface area contributed by atoms with E-state index in [2.05, 4.69) is 10.3 Å². The highest BCUT2D eigenvalue weighted by atomic mass is 35.5. The second-order valence-corrected chi connectivity index (χ2v) is 11.2. The van der Waals surface area contributed by atoms with E-state index in [0.29, 0.717) is 21.2 Å². The number of benzene rings is 1. The fraction of sp³-hybridized carbons (Fsp3) is 0.182. The van der Waals surface area contributed by atoms with Crippen LogP contribution in [0.4, 0.5) is 13.2 Å². The number of amides is 1. The maximum atomic E-state index is 12.9. The zero-order valence-electron chi connectivity index (χ0n) is 17.3. The lowest BCUT2D eigenvalue weighted by molar-refractivity contribution is -0.137. The van der Waals surface area contributed by atoms with Crippen molar-refractivity contribution in [3.63, 3.8) is 0 Å². The Labute approximate surface area is 202 Å². The number of sulfonamides is 1. The SMILES string of the molecule is O=C(NCc1ccnc(-c2ccc(C(F)(F)F)cc2)c1)[C@@H]1C=CCN1S(=O)(=O)c1ccc(Cl)s1. The van der Waals surface area contributed by atoms with Gasteiger partial charge >= 0.3 is 6.18 Å². The Hall–Kier alpha value is -2.73. The zero-order chi connectivity index (χ0) is 24.5. The maximum absolute atomic E-state index is 12.9. The van der Waals surface area contributed by atoms with Gasteiger partial charge in [-0.2, -0.15) is 17.5 Å². The molecule has 0 bridgehead atoms. The Morgan fingerprint density at radius 2 is 1.91 bits per heavy atom. The molecule has 0 radical (unpaired) electrons. The van der Waals surface area contributed by atoms with Gasteiger partial charge in [-0.3, -0.25) is 9.78 Å². The van der Waals surface area contributed by atoms with Crippen LogP contribution in [0, 0.1) is 0 Å². The van der Waals surface area contributed by atoms with Crippen molar-refractivity contribution in [1.82, 2.24) is 14.6 Å². The van der Waals surface area contributed by atoms with E-state index in [1.807, 2.05) is 0 Å². The van der Waals surface area contributed by atoms with Crippen LogP contribution in [-0.2, 0) is 27.5 Å². The van der Waals surface area contributed by atoms with Gasteiger partial charge < -0.3 is 5.32 Å². The molecular formula is C22H17ClF3N3O3S2. The van der Waals surface area contributed by atoms with Crippen molar-refractivity contribution < 1.29 is 26.4 Å². The van der Waals surface area contributed by atoms with Crippen LogP contribution in [0.15, 0.2) is 71.1 Å². The molecule has 0 aliphatic carbocycles. The van der Waals surface area contributed by atoms with E-state index in [0.717, 1.165) is 27.8 Å². The summed E-state index contributed by atoms with van der Waals surface area (Å²) in [5, 5.41) is 2.71. The van der Waals surface area contributed by atoms with Gasteiger partial charge in [-0.1, -0.05) is 35.9 Å². The molecule has 178 valence electrons. The van der Waals surface area contributed by atoms with Gasteiger partial charge in [0.25, 0.3) is 10.0 Å². The number of nitrogens with zero attached hydrogens (tertiary/aromatic N) is 2. The summed E-state index contributed by atoms with van der Waals surface area (Å²) < 4.78 is 65.6. The topological polar surface area (TPSA) is 79.4 Å². The first-order chi connectivity index (χ1) is 16.1.